The van der Waals surface area contributed by atoms with Crippen LogP contribution in [0.25, 0.3) is 0 Å². The number of Topliss-reactive ketones (excluding diaryl/α,β-unsaturated/α-hetero) is 1. The van der Waals surface area contributed by atoms with Crippen LogP contribution in [0, 0.1) is 11.2 Å². The van der Waals surface area contributed by atoms with Crippen LogP contribution < -0.4 is 9.64 Å². The number of benzene rings is 2. The van der Waals surface area contributed by atoms with Crippen LogP contribution in [0.3, 0.4) is 0 Å². The van der Waals surface area contributed by atoms with E-state index in [1.165, 1.54) is 11.0 Å². The SMILES string of the molecule is CCOc1ccc(C2CC(=O)N(c3ccccc3F)C3=C2C(=O)CC(C)(C)C3)cc1. The Morgan fingerprint density at radius 3 is 2.43 bits per heavy atom. The normalized spacial score (nSPS) is 20.9. The molecule has 156 valence electrons. The summed E-state index contributed by atoms with van der Waals surface area (Å²) in [6.07, 6.45) is 1.09. The number of hydrogen-bond acceptors (Lipinski definition) is 3. The molecule has 0 bridgehead atoms. The van der Waals surface area contributed by atoms with Gasteiger partial charge in [0.2, 0.25) is 5.91 Å². The Morgan fingerprint density at radius 2 is 1.77 bits per heavy atom. The van der Waals surface area contributed by atoms with E-state index in [1.54, 1.807) is 18.2 Å². The van der Waals surface area contributed by atoms with Crippen LogP contribution in [0.1, 0.15) is 51.5 Å². The summed E-state index contributed by atoms with van der Waals surface area (Å²) >= 11 is 0. The molecular weight excluding hydrogens is 381 g/mol. The van der Waals surface area contributed by atoms with Gasteiger partial charge in [0.15, 0.2) is 5.78 Å². The van der Waals surface area contributed by atoms with Gasteiger partial charge in [-0.05, 0) is 48.6 Å². The maximum atomic E-state index is 14.6. The summed E-state index contributed by atoms with van der Waals surface area (Å²) in [5.74, 6) is -0.193. The van der Waals surface area contributed by atoms with Crippen LogP contribution in [0.5, 0.6) is 5.75 Å². The maximum Gasteiger partial charge on any atom is 0.232 e. The van der Waals surface area contributed by atoms with Gasteiger partial charge in [-0.1, -0.05) is 38.1 Å². The number of para-hydroxylation sites is 1. The molecule has 1 unspecified atom stereocenters. The first kappa shape index (κ1) is 20.3. The van der Waals surface area contributed by atoms with Gasteiger partial charge < -0.3 is 4.74 Å². The standard InChI is InChI=1S/C25H26FNO3/c1-4-30-17-11-9-16(10-12-17)18-13-23(29)27(20-8-6-5-7-19(20)26)21-14-25(2,3)15-22(28)24(18)21/h5-12,18H,4,13-15H2,1-3H3. The Kier molecular flexibility index (Phi) is 5.22. The molecule has 30 heavy (non-hydrogen) atoms. The smallest absolute Gasteiger partial charge is 0.232 e. The Hall–Kier alpha value is -2.95. The Balaban J connectivity index is 1.85. The second kappa shape index (κ2) is 7.71. The summed E-state index contributed by atoms with van der Waals surface area (Å²) in [7, 11) is 0. The number of carbonyl (C=O) groups is 2. The monoisotopic (exact) mass is 407 g/mol. The summed E-state index contributed by atoms with van der Waals surface area (Å²) in [5.41, 5.74) is 2.10. The lowest BCUT2D eigenvalue weighted by molar-refractivity contribution is -0.121. The third-order valence-electron chi connectivity index (χ3n) is 5.83. The van der Waals surface area contributed by atoms with Crippen molar-refractivity contribution in [1.82, 2.24) is 0 Å². The van der Waals surface area contributed by atoms with Crippen molar-refractivity contribution in [3.63, 3.8) is 0 Å². The highest BCUT2D eigenvalue weighted by Crippen LogP contribution is 2.48. The molecule has 4 rings (SSSR count). The van der Waals surface area contributed by atoms with E-state index >= 15 is 0 Å². The molecule has 2 aliphatic rings. The number of ether oxygens (including phenoxy) is 1. The molecule has 1 aliphatic heterocycles. The lowest BCUT2D eigenvalue weighted by Crippen LogP contribution is -2.44. The molecule has 1 aliphatic carbocycles. The van der Waals surface area contributed by atoms with Crippen molar-refractivity contribution in [3.05, 3.63) is 71.2 Å². The van der Waals surface area contributed by atoms with Crippen molar-refractivity contribution in [3.8, 4) is 5.75 Å². The third-order valence-corrected chi connectivity index (χ3v) is 5.83. The molecule has 0 spiro atoms. The van der Waals surface area contributed by atoms with Gasteiger partial charge in [0, 0.05) is 30.0 Å². The van der Waals surface area contributed by atoms with E-state index in [9.17, 15) is 14.0 Å². The molecule has 0 saturated carbocycles. The average molecular weight is 407 g/mol. The molecule has 4 nitrogen and oxygen atoms in total. The van der Waals surface area contributed by atoms with Gasteiger partial charge in [-0.2, -0.15) is 0 Å². The number of carbonyl (C=O) groups excluding carboxylic acids is 2. The van der Waals surface area contributed by atoms with Gasteiger partial charge in [0.1, 0.15) is 11.6 Å². The molecule has 0 radical (unpaired) electrons. The number of anilines is 1. The summed E-state index contributed by atoms with van der Waals surface area (Å²) < 4.78 is 20.1. The van der Waals surface area contributed by atoms with Gasteiger partial charge in [0.05, 0.1) is 12.3 Å². The summed E-state index contributed by atoms with van der Waals surface area (Å²) in [5, 5.41) is 0. The van der Waals surface area contributed by atoms with E-state index < -0.39 is 5.82 Å². The Bertz CT molecular complexity index is 1020. The largest absolute Gasteiger partial charge is 0.494 e. The van der Waals surface area contributed by atoms with Crippen LogP contribution in [0.4, 0.5) is 10.1 Å². The average Bonchev–Trinajstić information content (AvgIpc) is 2.68. The van der Waals surface area contributed by atoms with Crippen molar-refractivity contribution in [2.75, 3.05) is 11.5 Å². The van der Waals surface area contributed by atoms with Gasteiger partial charge in [0.25, 0.3) is 0 Å². The zero-order chi connectivity index (χ0) is 21.5. The molecule has 1 amide bonds. The summed E-state index contributed by atoms with van der Waals surface area (Å²) in [4.78, 5) is 28.0. The number of amides is 1. The number of hydrogen-bond donors (Lipinski definition) is 0. The van der Waals surface area contributed by atoms with Crippen molar-refractivity contribution in [2.24, 2.45) is 5.41 Å². The molecule has 0 N–H and O–H groups in total. The predicted molar refractivity (Wildman–Crippen MR) is 114 cm³/mol. The number of rotatable bonds is 4. The van der Waals surface area contributed by atoms with Crippen LogP contribution in [0.2, 0.25) is 0 Å². The van der Waals surface area contributed by atoms with Crippen LogP contribution in [0.15, 0.2) is 59.8 Å². The molecule has 1 heterocycles. The number of ketones is 1. The minimum atomic E-state index is -0.465. The topological polar surface area (TPSA) is 46.6 Å². The molecule has 2 aromatic rings. The zero-order valence-electron chi connectivity index (χ0n) is 17.6. The minimum absolute atomic E-state index is 0.0361. The molecule has 0 saturated heterocycles. The number of halogens is 1. The number of allylic oxidation sites excluding steroid dienone is 2. The quantitative estimate of drug-likeness (QED) is 0.683. The van der Waals surface area contributed by atoms with E-state index in [-0.39, 0.29) is 35.1 Å². The van der Waals surface area contributed by atoms with Crippen molar-refractivity contribution in [1.29, 1.82) is 0 Å². The first-order chi connectivity index (χ1) is 14.3. The molecule has 1 atom stereocenters. The van der Waals surface area contributed by atoms with E-state index in [1.807, 2.05) is 45.0 Å². The summed E-state index contributed by atoms with van der Waals surface area (Å²) in [6.45, 7) is 6.52. The van der Waals surface area contributed by atoms with E-state index in [2.05, 4.69) is 0 Å². The Morgan fingerprint density at radius 1 is 1.07 bits per heavy atom. The first-order valence-corrected chi connectivity index (χ1v) is 10.4. The van der Waals surface area contributed by atoms with Crippen molar-refractivity contribution < 1.29 is 18.7 Å². The second-order valence-corrected chi connectivity index (χ2v) is 8.74. The summed E-state index contributed by atoms with van der Waals surface area (Å²) in [6, 6.07) is 13.8. The van der Waals surface area contributed by atoms with Crippen LogP contribution >= 0.6 is 0 Å². The van der Waals surface area contributed by atoms with Gasteiger partial charge in [-0.15, -0.1) is 0 Å². The highest BCUT2D eigenvalue weighted by atomic mass is 19.1. The zero-order valence-corrected chi connectivity index (χ0v) is 17.6. The fourth-order valence-electron chi connectivity index (χ4n) is 4.58. The highest BCUT2D eigenvalue weighted by molar-refractivity contribution is 6.07. The second-order valence-electron chi connectivity index (χ2n) is 8.74. The highest BCUT2D eigenvalue weighted by Gasteiger charge is 2.44. The fourth-order valence-corrected chi connectivity index (χ4v) is 4.58. The lowest BCUT2D eigenvalue weighted by Gasteiger charge is -2.43. The third kappa shape index (κ3) is 3.64. The van der Waals surface area contributed by atoms with Crippen molar-refractivity contribution in [2.45, 2.75) is 46.0 Å². The molecule has 0 aromatic heterocycles. The lowest BCUT2D eigenvalue weighted by atomic mass is 9.69. The fraction of sp³-hybridized carbons (Fsp3) is 0.360. The van der Waals surface area contributed by atoms with Crippen molar-refractivity contribution >= 4 is 17.4 Å². The van der Waals surface area contributed by atoms with Crippen LogP contribution in [-0.2, 0) is 9.59 Å². The van der Waals surface area contributed by atoms with E-state index in [4.69, 9.17) is 4.74 Å². The van der Waals surface area contributed by atoms with Gasteiger partial charge >= 0.3 is 0 Å². The van der Waals surface area contributed by atoms with Gasteiger partial charge in [-0.3, -0.25) is 14.5 Å². The molecule has 2 aromatic carbocycles. The maximum absolute atomic E-state index is 14.6. The molecular formula is C25H26FNO3. The first-order valence-electron chi connectivity index (χ1n) is 10.4. The molecule has 5 heteroatoms. The molecule has 0 fully saturated rings. The van der Waals surface area contributed by atoms with Gasteiger partial charge in [-0.25, -0.2) is 4.39 Å². The van der Waals surface area contributed by atoms with E-state index in [0.29, 0.717) is 30.7 Å². The minimum Gasteiger partial charge on any atom is -0.494 e. The van der Waals surface area contributed by atoms with E-state index in [0.717, 1.165) is 11.3 Å². The van der Waals surface area contributed by atoms with Crippen LogP contribution in [-0.4, -0.2) is 18.3 Å². The predicted octanol–water partition coefficient (Wildman–Crippen LogP) is 5.39. The Labute approximate surface area is 176 Å². The number of nitrogens with zero attached hydrogens (tertiary/aromatic N) is 1.